The normalized spacial score (nSPS) is 18.9. The predicted molar refractivity (Wildman–Crippen MR) is 64.1 cm³/mol. The molecule has 1 aliphatic rings. The average Bonchev–Trinajstić information content (AvgIpc) is 2.25. The zero-order valence-corrected chi connectivity index (χ0v) is 10.7. The molecule has 16 heavy (non-hydrogen) atoms. The number of amides is 1. The minimum atomic E-state index is -0.249. The van der Waals surface area contributed by atoms with Crippen LogP contribution in [0.4, 0.5) is 0 Å². The number of rotatable bonds is 4. The van der Waals surface area contributed by atoms with Crippen LogP contribution in [0.25, 0.3) is 0 Å². The van der Waals surface area contributed by atoms with Crippen molar-refractivity contribution in [2.75, 3.05) is 20.2 Å². The molecule has 0 spiro atoms. The van der Waals surface area contributed by atoms with Crippen molar-refractivity contribution < 1.29 is 9.53 Å². The highest BCUT2D eigenvalue weighted by atomic mass is 16.5. The Morgan fingerprint density at radius 1 is 1.44 bits per heavy atom. The third-order valence-corrected chi connectivity index (χ3v) is 3.11. The molecule has 0 atom stereocenters. The molecule has 1 amide bonds. The summed E-state index contributed by atoms with van der Waals surface area (Å²) < 4.78 is 5.28. The van der Waals surface area contributed by atoms with Gasteiger partial charge in [0.05, 0.1) is 6.10 Å². The first kappa shape index (κ1) is 13.5. The molecule has 1 heterocycles. The number of nitrogens with zero attached hydrogens (tertiary/aromatic N) is 1. The van der Waals surface area contributed by atoms with Gasteiger partial charge < -0.3 is 15.4 Å². The topological polar surface area (TPSA) is 55.6 Å². The van der Waals surface area contributed by atoms with E-state index in [-0.39, 0.29) is 11.4 Å². The first-order valence-corrected chi connectivity index (χ1v) is 6.02. The molecule has 4 nitrogen and oxygen atoms in total. The third-order valence-electron chi connectivity index (χ3n) is 3.11. The molecule has 1 fully saturated rings. The first-order chi connectivity index (χ1) is 7.42. The van der Waals surface area contributed by atoms with Crippen LogP contribution in [-0.4, -0.2) is 42.6 Å². The zero-order valence-electron chi connectivity index (χ0n) is 10.7. The van der Waals surface area contributed by atoms with Gasteiger partial charge in [0.15, 0.2) is 0 Å². The number of carbonyl (C=O) groups is 1. The zero-order chi connectivity index (χ0) is 12.2. The quantitative estimate of drug-likeness (QED) is 0.785. The van der Waals surface area contributed by atoms with E-state index in [1.807, 2.05) is 18.7 Å². The monoisotopic (exact) mass is 228 g/mol. The predicted octanol–water partition coefficient (Wildman–Crippen LogP) is 1.14. The van der Waals surface area contributed by atoms with E-state index in [0.29, 0.717) is 12.5 Å². The van der Waals surface area contributed by atoms with Crippen molar-refractivity contribution in [3.63, 3.8) is 0 Å². The largest absolute Gasteiger partial charge is 0.381 e. The molecule has 0 aliphatic carbocycles. The first-order valence-electron chi connectivity index (χ1n) is 6.02. The maximum absolute atomic E-state index is 11.9. The number of likely N-dealkylation sites (tertiary alicyclic amines) is 1. The highest BCUT2D eigenvalue weighted by Gasteiger charge is 2.23. The number of ether oxygens (including phenoxy) is 1. The molecule has 0 aromatic heterocycles. The van der Waals surface area contributed by atoms with Gasteiger partial charge in [-0.05, 0) is 33.1 Å². The Morgan fingerprint density at radius 3 is 2.44 bits per heavy atom. The molecular formula is C12H24N2O2. The SMILES string of the molecule is COC1CCN(C(=O)CCC(C)(C)N)CC1. The molecule has 1 aliphatic heterocycles. The van der Waals surface area contributed by atoms with Crippen LogP contribution in [0, 0.1) is 0 Å². The van der Waals surface area contributed by atoms with Gasteiger partial charge in [0.1, 0.15) is 0 Å². The van der Waals surface area contributed by atoms with Gasteiger partial charge in [-0.3, -0.25) is 4.79 Å². The Balaban J connectivity index is 2.28. The van der Waals surface area contributed by atoms with E-state index in [2.05, 4.69) is 0 Å². The number of carbonyl (C=O) groups excluding carboxylic acids is 1. The lowest BCUT2D eigenvalue weighted by atomic mass is 9.99. The second kappa shape index (κ2) is 5.64. The van der Waals surface area contributed by atoms with Crippen LogP contribution in [0.1, 0.15) is 39.5 Å². The summed E-state index contributed by atoms with van der Waals surface area (Å²) in [6.07, 6.45) is 3.54. The van der Waals surface area contributed by atoms with Crippen molar-refractivity contribution in [1.82, 2.24) is 4.90 Å². The molecule has 0 unspecified atom stereocenters. The fraction of sp³-hybridized carbons (Fsp3) is 0.917. The number of piperidine rings is 1. The fourth-order valence-corrected chi connectivity index (χ4v) is 1.93. The van der Waals surface area contributed by atoms with Gasteiger partial charge in [-0.2, -0.15) is 0 Å². The Hall–Kier alpha value is -0.610. The van der Waals surface area contributed by atoms with Crippen molar-refractivity contribution in [2.24, 2.45) is 5.73 Å². The van der Waals surface area contributed by atoms with E-state index < -0.39 is 0 Å². The highest BCUT2D eigenvalue weighted by Crippen LogP contribution is 2.15. The molecule has 0 radical (unpaired) electrons. The molecule has 4 heteroatoms. The van der Waals surface area contributed by atoms with Crippen LogP contribution in [0.3, 0.4) is 0 Å². The maximum atomic E-state index is 11.9. The molecule has 94 valence electrons. The van der Waals surface area contributed by atoms with Crippen LogP contribution in [0.2, 0.25) is 0 Å². The molecular weight excluding hydrogens is 204 g/mol. The van der Waals surface area contributed by atoms with Crippen molar-refractivity contribution in [2.45, 2.75) is 51.2 Å². The second-order valence-corrected chi connectivity index (χ2v) is 5.30. The van der Waals surface area contributed by atoms with Gasteiger partial charge in [0.2, 0.25) is 5.91 Å². The van der Waals surface area contributed by atoms with Crippen molar-refractivity contribution in [3.8, 4) is 0 Å². The molecule has 1 rings (SSSR count). The highest BCUT2D eigenvalue weighted by molar-refractivity contribution is 5.76. The van der Waals surface area contributed by atoms with Crippen LogP contribution in [0.5, 0.6) is 0 Å². The molecule has 2 N–H and O–H groups in total. The van der Waals surface area contributed by atoms with Gasteiger partial charge in [-0.1, -0.05) is 0 Å². The van der Waals surface area contributed by atoms with Crippen LogP contribution in [0.15, 0.2) is 0 Å². The van der Waals surface area contributed by atoms with E-state index in [1.165, 1.54) is 0 Å². The average molecular weight is 228 g/mol. The smallest absolute Gasteiger partial charge is 0.222 e. The van der Waals surface area contributed by atoms with E-state index in [0.717, 1.165) is 32.4 Å². The number of nitrogens with two attached hydrogens (primary N) is 1. The Bertz CT molecular complexity index is 228. The summed E-state index contributed by atoms with van der Waals surface area (Å²) >= 11 is 0. The molecule has 1 saturated heterocycles. The summed E-state index contributed by atoms with van der Waals surface area (Å²) in [7, 11) is 1.74. The van der Waals surface area contributed by atoms with E-state index in [9.17, 15) is 4.79 Å². The van der Waals surface area contributed by atoms with Crippen LogP contribution in [-0.2, 0) is 9.53 Å². The standard InChI is InChI=1S/C12H24N2O2/c1-12(2,13)7-4-11(15)14-8-5-10(16-3)6-9-14/h10H,4-9,13H2,1-3H3. The lowest BCUT2D eigenvalue weighted by molar-refractivity contribution is -0.133. The van der Waals surface area contributed by atoms with Gasteiger partial charge in [-0.25, -0.2) is 0 Å². The number of hydrogen-bond acceptors (Lipinski definition) is 3. The molecule has 0 aromatic rings. The molecule has 0 saturated carbocycles. The van der Waals surface area contributed by atoms with Gasteiger partial charge in [0, 0.05) is 32.2 Å². The summed E-state index contributed by atoms with van der Waals surface area (Å²) in [5.74, 6) is 0.230. The van der Waals surface area contributed by atoms with Crippen LogP contribution < -0.4 is 5.73 Å². The van der Waals surface area contributed by atoms with Gasteiger partial charge in [-0.15, -0.1) is 0 Å². The van der Waals surface area contributed by atoms with Gasteiger partial charge >= 0.3 is 0 Å². The van der Waals surface area contributed by atoms with E-state index >= 15 is 0 Å². The summed E-state index contributed by atoms with van der Waals surface area (Å²) in [5.41, 5.74) is 5.62. The number of hydrogen-bond donors (Lipinski definition) is 1. The summed E-state index contributed by atoms with van der Waals surface area (Å²) in [4.78, 5) is 13.8. The fourth-order valence-electron chi connectivity index (χ4n) is 1.93. The Kier molecular flexibility index (Phi) is 4.74. The van der Waals surface area contributed by atoms with Crippen LogP contribution >= 0.6 is 0 Å². The summed E-state index contributed by atoms with van der Waals surface area (Å²) in [6, 6.07) is 0. The summed E-state index contributed by atoms with van der Waals surface area (Å²) in [5, 5.41) is 0. The minimum Gasteiger partial charge on any atom is -0.381 e. The second-order valence-electron chi connectivity index (χ2n) is 5.30. The van der Waals surface area contributed by atoms with Crippen molar-refractivity contribution in [1.29, 1.82) is 0 Å². The maximum Gasteiger partial charge on any atom is 0.222 e. The Morgan fingerprint density at radius 2 is 2.00 bits per heavy atom. The lowest BCUT2D eigenvalue weighted by Gasteiger charge is -2.32. The number of methoxy groups -OCH3 is 1. The van der Waals surface area contributed by atoms with E-state index in [4.69, 9.17) is 10.5 Å². The lowest BCUT2D eigenvalue weighted by Crippen LogP contribution is -2.42. The summed E-state index contributed by atoms with van der Waals surface area (Å²) in [6.45, 7) is 5.56. The molecule has 0 bridgehead atoms. The van der Waals surface area contributed by atoms with Gasteiger partial charge in [0.25, 0.3) is 0 Å². The van der Waals surface area contributed by atoms with Crippen molar-refractivity contribution in [3.05, 3.63) is 0 Å². The van der Waals surface area contributed by atoms with E-state index in [1.54, 1.807) is 7.11 Å². The third kappa shape index (κ3) is 4.49. The molecule has 0 aromatic carbocycles. The minimum absolute atomic E-state index is 0.230. The Labute approximate surface area is 98.1 Å². The van der Waals surface area contributed by atoms with Crippen molar-refractivity contribution >= 4 is 5.91 Å².